The standard InChI is InChI=1S/C20H25NO3/c1-14-6-5-7-18(13-14)23-11-10-21-20(22)17(4)24-19-9-8-15(2)12-16(19)3/h5-9,12-13,17H,10-11H2,1-4H3,(H,21,22). The number of hydrogen-bond donors (Lipinski definition) is 1. The molecule has 24 heavy (non-hydrogen) atoms. The van der Waals surface area contributed by atoms with E-state index in [0.29, 0.717) is 13.2 Å². The molecule has 0 saturated carbocycles. The van der Waals surface area contributed by atoms with Gasteiger partial charge in [0.15, 0.2) is 6.10 Å². The quantitative estimate of drug-likeness (QED) is 0.791. The maximum atomic E-state index is 12.1. The molecule has 1 N–H and O–H groups in total. The van der Waals surface area contributed by atoms with Crippen LogP contribution in [-0.4, -0.2) is 25.2 Å². The molecule has 0 aliphatic rings. The summed E-state index contributed by atoms with van der Waals surface area (Å²) in [4.78, 5) is 12.1. The van der Waals surface area contributed by atoms with Crippen LogP contribution < -0.4 is 14.8 Å². The van der Waals surface area contributed by atoms with Gasteiger partial charge < -0.3 is 14.8 Å². The van der Waals surface area contributed by atoms with Gasteiger partial charge in [0.05, 0.1) is 6.54 Å². The largest absolute Gasteiger partial charge is 0.492 e. The van der Waals surface area contributed by atoms with E-state index in [9.17, 15) is 4.79 Å². The van der Waals surface area contributed by atoms with Crippen molar-refractivity contribution < 1.29 is 14.3 Å². The Morgan fingerprint density at radius 1 is 1.08 bits per heavy atom. The van der Waals surface area contributed by atoms with Crippen molar-refractivity contribution in [3.63, 3.8) is 0 Å². The van der Waals surface area contributed by atoms with Gasteiger partial charge in [0.25, 0.3) is 5.91 Å². The summed E-state index contributed by atoms with van der Waals surface area (Å²) in [6.07, 6.45) is -0.551. The van der Waals surface area contributed by atoms with Crippen LogP contribution in [0.1, 0.15) is 23.6 Å². The number of benzene rings is 2. The van der Waals surface area contributed by atoms with Gasteiger partial charge in [-0.05, 0) is 57.0 Å². The van der Waals surface area contributed by atoms with Crippen LogP contribution in [0.5, 0.6) is 11.5 Å². The fourth-order valence-corrected chi connectivity index (χ4v) is 2.37. The molecule has 128 valence electrons. The van der Waals surface area contributed by atoms with Gasteiger partial charge in [0.1, 0.15) is 18.1 Å². The van der Waals surface area contributed by atoms with Crippen LogP contribution >= 0.6 is 0 Å². The highest BCUT2D eigenvalue weighted by atomic mass is 16.5. The molecule has 0 radical (unpaired) electrons. The van der Waals surface area contributed by atoms with Crippen LogP contribution in [0.3, 0.4) is 0 Å². The normalized spacial score (nSPS) is 11.7. The summed E-state index contributed by atoms with van der Waals surface area (Å²) in [5, 5.41) is 2.83. The molecule has 0 heterocycles. The molecule has 0 aromatic heterocycles. The van der Waals surface area contributed by atoms with Crippen LogP contribution in [0.15, 0.2) is 42.5 Å². The van der Waals surface area contributed by atoms with Gasteiger partial charge in [0, 0.05) is 0 Å². The van der Waals surface area contributed by atoms with Crippen molar-refractivity contribution >= 4 is 5.91 Å². The maximum absolute atomic E-state index is 12.1. The van der Waals surface area contributed by atoms with Crippen molar-refractivity contribution in [1.29, 1.82) is 0 Å². The number of ether oxygens (including phenoxy) is 2. The minimum atomic E-state index is -0.551. The third-order valence-corrected chi connectivity index (χ3v) is 3.66. The first-order valence-corrected chi connectivity index (χ1v) is 8.17. The van der Waals surface area contributed by atoms with E-state index < -0.39 is 6.10 Å². The number of aryl methyl sites for hydroxylation is 3. The molecule has 0 saturated heterocycles. The number of amides is 1. The number of rotatable bonds is 7. The van der Waals surface area contributed by atoms with Gasteiger partial charge in [-0.15, -0.1) is 0 Å². The summed E-state index contributed by atoms with van der Waals surface area (Å²) in [6, 6.07) is 13.7. The Kier molecular flexibility index (Phi) is 6.24. The third-order valence-electron chi connectivity index (χ3n) is 3.66. The SMILES string of the molecule is Cc1cccc(OCCNC(=O)C(C)Oc2ccc(C)cc2C)c1. The Morgan fingerprint density at radius 3 is 2.54 bits per heavy atom. The molecule has 0 spiro atoms. The van der Waals surface area contributed by atoms with Crippen molar-refractivity contribution in [3.8, 4) is 11.5 Å². The second-order valence-corrected chi connectivity index (χ2v) is 5.99. The van der Waals surface area contributed by atoms with E-state index in [0.717, 1.165) is 22.6 Å². The zero-order valence-corrected chi connectivity index (χ0v) is 14.8. The smallest absolute Gasteiger partial charge is 0.260 e. The van der Waals surface area contributed by atoms with E-state index >= 15 is 0 Å². The van der Waals surface area contributed by atoms with Crippen molar-refractivity contribution in [1.82, 2.24) is 5.32 Å². The monoisotopic (exact) mass is 327 g/mol. The Bertz CT molecular complexity index is 697. The van der Waals surface area contributed by atoms with E-state index in [4.69, 9.17) is 9.47 Å². The predicted octanol–water partition coefficient (Wildman–Crippen LogP) is 3.57. The topological polar surface area (TPSA) is 47.6 Å². The Morgan fingerprint density at radius 2 is 1.83 bits per heavy atom. The molecule has 0 bridgehead atoms. The van der Waals surface area contributed by atoms with Crippen molar-refractivity contribution in [3.05, 3.63) is 59.2 Å². The second-order valence-electron chi connectivity index (χ2n) is 5.99. The first-order chi connectivity index (χ1) is 11.5. The lowest BCUT2D eigenvalue weighted by Gasteiger charge is -2.16. The summed E-state index contributed by atoms with van der Waals surface area (Å²) >= 11 is 0. The van der Waals surface area contributed by atoms with E-state index in [-0.39, 0.29) is 5.91 Å². The lowest BCUT2D eigenvalue weighted by atomic mass is 10.1. The summed E-state index contributed by atoms with van der Waals surface area (Å²) in [5.41, 5.74) is 3.34. The average molecular weight is 327 g/mol. The molecule has 2 aromatic carbocycles. The van der Waals surface area contributed by atoms with Gasteiger partial charge in [-0.25, -0.2) is 0 Å². The second kappa shape index (κ2) is 8.39. The minimum absolute atomic E-state index is 0.150. The van der Waals surface area contributed by atoms with Gasteiger partial charge in [-0.3, -0.25) is 4.79 Å². The molecule has 0 aliphatic carbocycles. The van der Waals surface area contributed by atoms with Crippen LogP contribution in [0, 0.1) is 20.8 Å². The lowest BCUT2D eigenvalue weighted by Crippen LogP contribution is -2.38. The average Bonchev–Trinajstić information content (AvgIpc) is 2.54. The van der Waals surface area contributed by atoms with Crippen LogP contribution in [0.25, 0.3) is 0 Å². The Balaban J connectivity index is 1.75. The molecule has 1 atom stereocenters. The molecular weight excluding hydrogens is 302 g/mol. The van der Waals surface area contributed by atoms with Crippen LogP contribution in [0.4, 0.5) is 0 Å². The molecule has 4 heteroatoms. The Labute approximate surface area is 143 Å². The van der Waals surface area contributed by atoms with Crippen molar-refractivity contribution in [2.24, 2.45) is 0 Å². The molecule has 2 rings (SSSR count). The van der Waals surface area contributed by atoms with Crippen LogP contribution in [-0.2, 0) is 4.79 Å². The predicted molar refractivity (Wildman–Crippen MR) is 95.7 cm³/mol. The highest BCUT2D eigenvalue weighted by Crippen LogP contribution is 2.20. The van der Waals surface area contributed by atoms with Gasteiger partial charge in [-0.1, -0.05) is 29.8 Å². The minimum Gasteiger partial charge on any atom is -0.492 e. The lowest BCUT2D eigenvalue weighted by molar-refractivity contribution is -0.127. The Hall–Kier alpha value is -2.49. The highest BCUT2D eigenvalue weighted by Gasteiger charge is 2.15. The molecule has 1 amide bonds. The first kappa shape index (κ1) is 17.9. The van der Waals surface area contributed by atoms with Crippen LogP contribution in [0.2, 0.25) is 0 Å². The van der Waals surface area contributed by atoms with E-state index in [2.05, 4.69) is 5.32 Å². The van der Waals surface area contributed by atoms with E-state index in [1.807, 2.05) is 63.2 Å². The molecule has 0 aliphatic heterocycles. The summed E-state index contributed by atoms with van der Waals surface area (Å²) in [6.45, 7) is 8.62. The highest BCUT2D eigenvalue weighted by molar-refractivity contribution is 5.80. The van der Waals surface area contributed by atoms with Gasteiger partial charge in [-0.2, -0.15) is 0 Å². The zero-order valence-electron chi connectivity index (χ0n) is 14.8. The molecular formula is C20H25NO3. The fraction of sp³-hybridized carbons (Fsp3) is 0.350. The van der Waals surface area contributed by atoms with Gasteiger partial charge >= 0.3 is 0 Å². The maximum Gasteiger partial charge on any atom is 0.260 e. The zero-order chi connectivity index (χ0) is 17.5. The first-order valence-electron chi connectivity index (χ1n) is 8.17. The van der Waals surface area contributed by atoms with Crippen molar-refractivity contribution in [2.45, 2.75) is 33.8 Å². The molecule has 2 aromatic rings. The fourth-order valence-electron chi connectivity index (χ4n) is 2.37. The molecule has 1 unspecified atom stereocenters. The number of hydrogen-bond acceptors (Lipinski definition) is 3. The summed E-state index contributed by atoms with van der Waals surface area (Å²) in [7, 11) is 0. The number of carbonyl (C=O) groups excluding carboxylic acids is 1. The van der Waals surface area contributed by atoms with Gasteiger partial charge in [0.2, 0.25) is 0 Å². The molecule has 4 nitrogen and oxygen atoms in total. The number of nitrogens with one attached hydrogen (secondary N) is 1. The van der Waals surface area contributed by atoms with E-state index in [1.54, 1.807) is 6.92 Å². The number of carbonyl (C=O) groups is 1. The van der Waals surface area contributed by atoms with E-state index in [1.165, 1.54) is 5.56 Å². The third kappa shape index (κ3) is 5.30. The van der Waals surface area contributed by atoms with Crippen molar-refractivity contribution in [2.75, 3.05) is 13.2 Å². The summed E-state index contributed by atoms with van der Waals surface area (Å²) in [5.74, 6) is 1.39. The molecule has 0 fully saturated rings. The summed E-state index contributed by atoms with van der Waals surface area (Å²) < 4.78 is 11.4.